The average Bonchev–Trinajstić information content (AvgIpc) is 3.22. The fraction of sp³-hybridized carbons (Fsp3) is 0.259. The Kier molecular flexibility index (Phi) is 8.00. The molecule has 2 aromatic carbocycles. The molecule has 0 spiro atoms. The Labute approximate surface area is 226 Å². The fourth-order valence-electron chi connectivity index (χ4n) is 4.30. The number of ether oxygens (including phenoxy) is 1. The first-order chi connectivity index (χ1) is 17.7. The highest BCUT2D eigenvalue weighted by atomic mass is 35.5. The highest BCUT2D eigenvalue weighted by Gasteiger charge is 2.36. The van der Waals surface area contributed by atoms with Crippen LogP contribution in [0.4, 0.5) is 10.5 Å². The van der Waals surface area contributed by atoms with Crippen LogP contribution in [0.2, 0.25) is 10.0 Å². The standard InChI is InChI=1S/C27H29Cl2N5O3/c1-4-18-7-5-8-19(13-18)34-17(2)15-33-12-11-23(32(3)24(35)14-31-27(30)36)25(26(33)34)37-16-20-21(28)9-6-10-22(20)29/h5-11,13,15H,4,12,14,16H2,1-3H3,(H3,30,31,36). The minimum atomic E-state index is -0.772. The fourth-order valence-corrected chi connectivity index (χ4v) is 4.81. The van der Waals surface area contributed by atoms with Gasteiger partial charge in [-0.15, -0.1) is 0 Å². The molecule has 194 valence electrons. The number of rotatable bonds is 8. The second kappa shape index (κ2) is 11.2. The van der Waals surface area contributed by atoms with Crippen LogP contribution in [-0.2, 0) is 22.6 Å². The summed E-state index contributed by atoms with van der Waals surface area (Å²) in [5.41, 5.74) is 9.54. The number of benzene rings is 2. The summed E-state index contributed by atoms with van der Waals surface area (Å²) in [5.74, 6) is 0.902. The highest BCUT2D eigenvalue weighted by molar-refractivity contribution is 6.35. The number of carbonyl (C=O) groups excluding carboxylic acids is 2. The van der Waals surface area contributed by atoms with E-state index in [1.54, 1.807) is 25.2 Å². The average molecular weight is 542 g/mol. The minimum Gasteiger partial charge on any atom is -0.483 e. The number of fused-ring (bicyclic) bond motifs is 1. The molecule has 0 aliphatic carbocycles. The summed E-state index contributed by atoms with van der Waals surface area (Å²) >= 11 is 12.8. The lowest BCUT2D eigenvalue weighted by atomic mass is 10.1. The first kappa shape index (κ1) is 26.4. The second-order valence-corrected chi connectivity index (χ2v) is 9.50. The molecule has 0 fully saturated rings. The molecule has 0 bridgehead atoms. The van der Waals surface area contributed by atoms with Crippen LogP contribution in [0.15, 0.2) is 77.7 Å². The molecular formula is C27H29Cl2N5O3. The summed E-state index contributed by atoms with van der Waals surface area (Å²) in [6.45, 7) is 4.50. The van der Waals surface area contributed by atoms with Gasteiger partial charge in [0.2, 0.25) is 5.91 Å². The van der Waals surface area contributed by atoms with Crippen LogP contribution in [0, 0.1) is 0 Å². The number of allylic oxidation sites excluding steroid dienone is 1. The maximum absolute atomic E-state index is 12.9. The van der Waals surface area contributed by atoms with E-state index in [0.717, 1.165) is 23.6 Å². The van der Waals surface area contributed by atoms with Gasteiger partial charge in [-0.2, -0.15) is 0 Å². The maximum Gasteiger partial charge on any atom is 0.312 e. The Morgan fingerprint density at radius 1 is 1.16 bits per heavy atom. The molecule has 37 heavy (non-hydrogen) atoms. The Morgan fingerprint density at radius 3 is 2.54 bits per heavy atom. The number of urea groups is 1. The van der Waals surface area contributed by atoms with Gasteiger partial charge in [-0.3, -0.25) is 9.69 Å². The Hall–Kier alpha value is -3.62. The van der Waals surface area contributed by atoms with Crippen LogP contribution >= 0.6 is 23.2 Å². The van der Waals surface area contributed by atoms with E-state index in [9.17, 15) is 9.59 Å². The quantitative estimate of drug-likeness (QED) is 0.493. The van der Waals surface area contributed by atoms with Crippen LogP contribution < -0.4 is 16.0 Å². The molecule has 3 amide bonds. The van der Waals surface area contributed by atoms with Gasteiger partial charge >= 0.3 is 6.03 Å². The zero-order valence-electron chi connectivity index (χ0n) is 20.9. The number of aryl methyl sites for hydroxylation is 1. The summed E-state index contributed by atoms with van der Waals surface area (Å²) in [7, 11) is 1.64. The van der Waals surface area contributed by atoms with Crippen LogP contribution in [0.5, 0.6) is 0 Å². The predicted molar refractivity (Wildman–Crippen MR) is 145 cm³/mol. The molecule has 2 heterocycles. The van der Waals surface area contributed by atoms with E-state index in [4.69, 9.17) is 33.7 Å². The van der Waals surface area contributed by atoms with Crippen molar-refractivity contribution in [3.8, 4) is 0 Å². The van der Waals surface area contributed by atoms with Crippen LogP contribution in [0.1, 0.15) is 25.0 Å². The summed E-state index contributed by atoms with van der Waals surface area (Å²) < 4.78 is 6.43. The summed E-state index contributed by atoms with van der Waals surface area (Å²) in [6, 6.07) is 12.8. The van der Waals surface area contributed by atoms with Gasteiger partial charge in [-0.05, 0) is 49.2 Å². The molecule has 4 rings (SSSR count). The highest BCUT2D eigenvalue weighted by Crippen LogP contribution is 2.40. The van der Waals surface area contributed by atoms with E-state index in [2.05, 4.69) is 34.2 Å². The van der Waals surface area contributed by atoms with Gasteiger partial charge in [0, 0.05) is 46.8 Å². The molecule has 0 unspecified atom stereocenters. The maximum atomic E-state index is 12.9. The largest absolute Gasteiger partial charge is 0.483 e. The summed E-state index contributed by atoms with van der Waals surface area (Å²) in [4.78, 5) is 29.7. The SMILES string of the molecule is CCc1cccc(N2C(C)=CN3CC=C(N(C)C(=O)CNC(N)=O)C(OCc4c(Cl)cccc4Cl)=C32)c1. The molecular weight excluding hydrogens is 513 g/mol. The second-order valence-electron chi connectivity index (χ2n) is 8.68. The zero-order valence-corrected chi connectivity index (χ0v) is 22.4. The topological polar surface area (TPSA) is 91.1 Å². The molecule has 10 heteroatoms. The van der Waals surface area contributed by atoms with Gasteiger partial charge in [-0.1, -0.05) is 48.3 Å². The third-order valence-corrected chi connectivity index (χ3v) is 6.95. The minimum absolute atomic E-state index is 0.0893. The number of amides is 3. The first-order valence-corrected chi connectivity index (χ1v) is 12.6. The lowest BCUT2D eigenvalue weighted by Gasteiger charge is -2.34. The molecule has 8 nitrogen and oxygen atoms in total. The van der Waals surface area contributed by atoms with Crippen molar-refractivity contribution in [1.29, 1.82) is 0 Å². The van der Waals surface area contributed by atoms with Gasteiger partial charge in [0.25, 0.3) is 0 Å². The Morgan fingerprint density at radius 2 is 1.86 bits per heavy atom. The number of likely N-dealkylation sites (N-methyl/N-ethyl adjacent to an activating group) is 1. The van der Waals surface area contributed by atoms with Gasteiger partial charge in [0.15, 0.2) is 11.6 Å². The third kappa shape index (κ3) is 5.55. The zero-order chi connectivity index (χ0) is 26.7. The number of nitrogens with two attached hydrogens (primary N) is 1. The summed E-state index contributed by atoms with van der Waals surface area (Å²) in [6.07, 6.45) is 4.85. The van der Waals surface area contributed by atoms with Crippen molar-refractivity contribution in [2.45, 2.75) is 26.9 Å². The number of nitrogens with one attached hydrogen (secondary N) is 1. The van der Waals surface area contributed by atoms with Crippen molar-refractivity contribution in [2.75, 3.05) is 25.0 Å². The van der Waals surface area contributed by atoms with E-state index >= 15 is 0 Å². The number of halogens is 2. The van der Waals surface area contributed by atoms with E-state index < -0.39 is 6.03 Å². The van der Waals surface area contributed by atoms with E-state index in [1.807, 2.05) is 31.3 Å². The number of anilines is 1. The van der Waals surface area contributed by atoms with Gasteiger partial charge in [0.05, 0.1) is 12.2 Å². The van der Waals surface area contributed by atoms with Crippen molar-refractivity contribution in [3.05, 3.63) is 98.9 Å². The molecule has 0 radical (unpaired) electrons. The van der Waals surface area contributed by atoms with Crippen molar-refractivity contribution in [3.63, 3.8) is 0 Å². The molecule has 2 aliphatic rings. The lowest BCUT2D eigenvalue weighted by Crippen LogP contribution is -2.42. The first-order valence-electron chi connectivity index (χ1n) is 11.9. The van der Waals surface area contributed by atoms with Gasteiger partial charge in [0.1, 0.15) is 6.61 Å². The van der Waals surface area contributed by atoms with Gasteiger partial charge in [-0.25, -0.2) is 4.79 Å². The molecule has 0 atom stereocenters. The monoisotopic (exact) mass is 541 g/mol. The van der Waals surface area contributed by atoms with Crippen molar-refractivity contribution < 1.29 is 14.3 Å². The van der Waals surface area contributed by atoms with Crippen molar-refractivity contribution in [1.82, 2.24) is 15.1 Å². The van der Waals surface area contributed by atoms with Gasteiger partial charge < -0.3 is 25.6 Å². The van der Waals surface area contributed by atoms with E-state index in [0.29, 0.717) is 33.6 Å². The normalized spacial score (nSPS) is 14.7. The number of hydrogen-bond donors (Lipinski definition) is 2. The van der Waals surface area contributed by atoms with Crippen LogP contribution in [0.3, 0.4) is 0 Å². The number of hydrogen-bond acceptors (Lipinski definition) is 5. The van der Waals surface area contributed by atoms with E-state index in [-0.39, 0.29) is 19.1 Å². The Bertz CT molecular complexity index is 1300. The molecule has 3 N–H and O–H groups in total. The Balaban J connectivity index is 1.78. The van der Waals surface area contributed by atoms with Crippen molar-refractivity contribution in [2.24, 2.45) is 5.73 Å². The van der Waals surface area contributed by atoms with Crippen molar-refractivity contribution >= 4 is 40.8 Å². The third-order valence-electron chi connectivity index (χ3n) is 6.25. The number of primary amides is 1. The van der Waals surface area contributed by atoms with Crippen LogP contribution in [-0.4, -0.2) is 41.9 Å². The molecule has 0 aromatic heterocycles. The smallest absolute Gasteiger partial charge is 0.312 e. The molecule has 2 aromatic rings. The summed E-state index contributed by atoms with van der Waals surface area (Å²) in [5, 5.41) is 3.32. The number of nitrogens with zero attached hydrogens (tertiary/aromatic N) is 3. The predicted octanol–water partition coefficient (Wildman–Crippen LogP) is 4.95. The van der Waals surface area contributed by atoms with Crippen LogP contribution in [0.25, 0.3) is 0 Å². The molecule has 0 saturated heterocycles. The molecule has 2 aliphatic heterocycles. The van der Waals surface area contributed by atoms with E-state index in [1.165, 1.54) is 10.5 Å². The molecule has 0 saturated carbocycles. The number of carbonyl (C=O) groups is 2. The lowest BCUT2D eigenvalue weighted by molar-refractivity contribution is -0.127.